The van der Waals surface area contributed by atoms with E-state index in [9.17, 15) is 4.79 Å². The highest BCUT2D eigenvalue weighted by Crippen LogP contribution is 2.32. The summed E-state index contributed by atoms with van der Waals surface area (Å²) < 4.78 is 10.6. The molecule has 0 saturated carbocycles. The van der Waals surface area contributed by atoms with Gasteiger partial charge in [-0.2, -0.15) is 0 Å². The standard InChI is InChI=1S/C16H23NO3/c1-12(2)20-16(18)10-13-8-9-17(11-13)14-6-4-5-7-15(14)19-3/h4-7,12-13H,8-11H2,1-3H3. The molecule has 4 nitrogen and oxygen atoms in total. The Morgan fingerprint density at radius 3 is 2.85 bits per heavy atom. The second kappa shape index (κ2) is 6.64. The zero-order valence-electron chi connectivity index (χ0n) is 12.5. The van der Waals surface area contributed by atoms with E-state index >= 15 is 0 Å². The lowest BCUT2D eigenvalue weighted by atomic mass is 10.1. The molecule has 1 aliphatic heterocycles. The molecule has 1 unspecified atom stereocenters. The minimum atomic E-state index is -0.0909. The van der Waals surface area contributed by atoms with Gasteiger partial charge in [-0.05, 0) is 38.3 Å². The molecule has 0 N–H and O–H groups in total. The Bertz CT molecular complexity index is 459. The molecule has 0 radical (unpaired) electrons. The smallest absolute Gasteiger partial charge is 0.306 e. The summed E-state index contributed by atoms with van der Waals surface area (Å²) in [5.74, 6) is 1.16. The van der Waals surface area contributed by atoms with Crippen LogP contribution < -0.4 is 9.64 Å². The summed E-state index contributed by atoms with van der Waals surface area (Å²) in [6.07, 6.45) is 1.49. The molecule has 1 aromatic rings. The predicted molar refractivity (Wildman–Crippen MR) is 79.2 cm³/mol. The normalized spacial score (nSPS) is 18.4. The van der Waals surface area contributed by atoms with Crippen LogP contribution in [0.4, 0.5) is 5.69 Å². The zero-order chi connectivity index (χ0) is 14.5. The van der Waals surface area contributed by atoms with Gasteiger partial charge in [0.1, 0.15) is 5.75 Å². The Balaban J connectivity index is 1.93. The third-order valence-corrected chi connectivity index (χ3v) is 3.53. The number of hydrogen-bond donors (Lipinski definition) is 0. The van der Waals surface area contributed by atoms with Crippen molar-refractivity contribution in [1.29, 1.82) is 0 Å². The van der Waals surface area contributed by atoms with E-state index in [2.05, 4.69) is 11.0 Å². The Kier molecular flexibility index (Phi) is 4.88. The van der Waals surface area contributed by atoms with Gasteiger partial charge in [0, 0.05) is 13.1 Å². The van der Waals surface area contributed by atoms with E-state index in [4.69, 9.17) is 9.47 Å². The highest BCUT2D eigenvalue weighted by Gasteiger charge is 2.27. The molecule has 110 valence electrons. The fourth-order valence-corrected chi connectivity index (χ4v) is 2.66. The van der Waals surface area contributed by atoms with E-state index in [1.165, 1.54) is 0 Å². The Hall–Kier alpha value is -1.71. The summed E-state index contributed by atoms with van der Waals surface area (Å²) >= 11 is 0. The van der Waals surface area contributed by atoms with Gasteiger partial charge in [-0.25, -0.2) is 0 Å². The van der Waals surface area contributed by atoms with Gasteiger partial charge in [0.05, 0.1) is 25.3 Å². The number of nitrogens with zero attached hydrogens (tertiary/aromatic N) is 1. The molecule has 0 aliphatic carbocycles. The van der Waals surface area contributed by atoms with Crippen LogP contribution in [0, 0.1) is 5.92 Å². The molecule has 4 heteroatoms. The molecular formula is C16H23NO3. The van der Waals surface area contributed by atoms with Gasteiger partial charge >= 0.3 is 5.97 Å². The number of carbonyl (C=O) groups is 1. The number of para-hydroxylation sites is 2. The van der Waals surface area contributed by atoms with E-state index in [1.54, 1.807) is 7.11 Å². The molecule has 1 heterocycles. The molecule has 20 heavy (non-hydrogen) atoms. The van der Waals surface area contributed by atoms with Crippen molar-refractivity contribution in [3.8, 4) is 5.75 Å². The van der Waals surface area contributed by atoms with Crippen LogP contribution >= 0.6 is 0 Å². The number of benzene rings is 1. The Morgan fingerprint density at radius 2 is 2.15 bits per heavy atom. The van der Waals surface area contributed by atoms with Gasteiger partial charge < -0.3 is 14.4 Å². The number of esters is 1. The molecule has 1 fully saturated rings. The lowest BCUT2D eigenvalue weighted by molar-refractivity contribution is -0.148. The van der Waals surface area contributed by atoms with Crippen LogP contribution in [0.2, 0.25) is 0 Å². The molecule has 1 aromatic carbocycles. The Labute approximate surface area is 120 Å². The first-order chi connectivity index (χ1) is 9.60. The van der Waals surface area contributed by atoms with E-state index in [-0.39, 0.29) is 12.1 Å². The van der Waals surface area contributed by atoms with Crippen molar-refractivity contribution < 1.29 is 14.3 Å². The van der Waals surface area contributed by atoms with Crippen LogP contribution in [-0.2, 0) is 9.53 Å². The van der Waals surface area contributed by atoms with Gasteiger partial charge in [0.2, 0.25) is 0 Å². The van der Waals surface area contributed by atoms with E-state index in [0.717, 1.165) is 30.9 Å². The number of ether oxygens (including phenoxy) is 2. The van der Waals surface area contributed by atoms with E-state index < -0.39 is 0 Å². The number of rotatable bonds is 5. The van der Waals surface area contributed by atoms with Crippen molar-refractivity contribution in [3.05, 3.63) is 24.3 Å². The topological polar surface area (TPSA) is 38.8 Å². The zero-order valence-corrected chi connectivity index (χ0v) is 12.5. The third-order valence-electron chi connectivity index (χ3n) is 3.53. The van der Waals surface area contributed by atoms with Crippen LogP contribution in [-0.4, -0.2) is 32.3 Å². The highest BCUT2D eigenvalue weighted by atomic mass is 16.5. The summed E-state index contributed by atoms with van der Waals surface area (Å²) in [6, 6.07) is 8.01. The number of hydrogen-bond acceptors (Lipinski definition) is 4. The van der Waals surface area contributed by atoms with Crippen LogP contribution in [0.25, 0.3) is 0 Å². The van der Waals surface area contributed by atoms with Crippen LogP contribution in [0.3, 0.4) is 0 Å². The van der Waals surface area contributed by atoms with Gasteiger partial charge in [-0.3, -0.25) is 4.79 Å². The molecule has 1 saturated heterocycles. The second-order valence-corrected chi connectivity index (χ2v) is 5.52. The van der Waals surface area contributed by atoms with E-state index in [1.807, 2.05) is 32.0 Å². The molecule has 0 amide bonds. The van der Waals surface area contributed by atoms with Crippen LogP contribution in [0.1, 0.15) is 26.7 Å². The lowest BCUT2D eigenvalue weighted by Gasteiger charge is -2.21. The summed E-state index contributed by atoms with van der Waals surface area (Å²) in [4.78, 5) is 14.0. The maximum atomic E-state index is 11.7. The number of anilines is 1. The fraction of sp³-hybridized carbons (Fsp3) is 0.562. The molecule has 0 bridgehead atoms. The van der Waals surface area contributed by atoms with Gasteiger partial charge in [0.25, 0.3) is 0 Å². The maximum absolute atomic E-state index is 11.7. The summed E-state index contributed by atoms with van der Waals surface area (Å²) in [5.41, 5.74) is 1.11. The number of carbonyl (C=O) groups excluding carboxylic acids is 1. The van der Waals surface area contributed by atoms with Gasteiger partial charge in [-0.1, -0.05) is 12.1 Å². The average molecular weight is 277 g/mol. The van der Waals surface area contributed by atoms with Crippen molar-refractivity contribution in [2.24, 2.45) is 5.92 Å². The summed E-state index contributed by atoms with van der Waals surface area (Å²) in [7, 11) is 1.69. The van der Waals surface area contributed by atoms with Crippen molar-refractivity contribution >= 4 is 11.7 Å². The van der Waals surface area contributed by atoms with Crippen molar-refractivity contribution in [3.63, 3.8) is 0 Å². The molecule has 1 aliphatic rings. The van der Waals surface area contributed by atoms with Crippen LogP contribution in [0.5, 0.6) is 5.75 Å². The monoisotopic (exact) mass is 277 g/mol. The predicted octanol–water partition coefficient (Wildman–Crippen LogP) is 2.86. The van der Waals surface area contributed by atoms with Gasteiger partial charge in [-0.15, -0.1) is 0 Å². The molecule has 0 aromatic heterocycles. The number of methoxy groups -OCH3 is 1. The summed E-state index contributed by atoms with van der Waals surface area (Å²) in [6.45, 7) is 5.61. The highest BCUT2D eigenvalue weighted by molar-refractivity contribution is 5.70. The largest absolute Gasteiger partial charge is 0.495 e. The first-order valence-corrected chi connectivity index (χ1v) is 7.17. The van der Waals surface area contributed by atoms with Crippen molar-refractivity contribution in [1.82, 2.24) is 0 Å². The maximum Gasteiger partial charge on any atom is 0.306 e. The van der Waals surface area contributed by atoms with Crippen molar-refractivity contribution in [2.45, 2.75) is 32.8 Å². The minimum Gasteiger partial charge on any atom is -0.495 e. The molecular weight excluding hydrogens is 254 g/mol. The first kappa shape index (κ1) is 14.7. The fourth-order valence-electron chi connectivity index (χ4n) is 2.66. The van der Waals surface area contributed by atoms with Gasteiger partial charge in [0.15, 0.2) is 0 Å². The van der Waals surface area contributed by atoms with Crippen molar-refractivity contribution in [2.75, 3.05) is 25.1 Å². The SMILES string of the molecule is COc1ccccc1N1CCC(CC(=O)OC(C)C)C1. The molecule has 2 rings (SSSR count). The minimum absolute atomic E-state index is 0.0331. The molecule has 0 spiro atoms. The lowest BCUT2D eigenvalue weighted by Crippen LogP contribution is -2.22. The average Bonchev–Trinajstić information content (AvgIpc) is 2.85. The quantitative estimate of drug-likeness (QED) is 0.776. The van der Waals surface area contributed by atoms with E-state index in [0.29, 0.717) is 12.3 Å². The second-order valence-electron chi connectivity index (χ2n) is 5.52. The third kappa shape index (κ3) is 3.65. The Morgan fingerprint density at radius 1 is 1.40 bits per heavy atom. The molecule has 1 atom stereocenters. The summed E-state index contributed by atoms with van der Waals surface area (Å²) in [5, 5.41) is 0. The first-order valence-electron chi connectivity index (χ1n) is 7.17. The van der Waals surface area contributed by atoms with Crippen LogP contribution in [0.15, 0.2) is 24.3 Å².